The molecule has 0 aromatic rings. The van der Waals surface area contributed by atoms with Crippen LogP contribution in [0.5, 0.6) is 0 Å². The molecule has 1 nitrogen and oxygen atoms in total. The molecule has 1 unspecified atom stereocenters. The van der Waals surface area contributed by atoms with Gasteiger partial charge in [-0.15, -0.1) is 0 Å². The number of Topliss-reactive ketones (excluding diaryl/α,β-unsaturated/α-hetero) is 1. The minimum atomic E-state index is 0.0457. The van der Waals surface area contributed by atoms with Crippen molar-refractivity contribution < 1.29 is 4.79 Å². The Morgan fingerprint density at radius 1 is 1.19 bits per heavy atom. The molecule has 0 amide bonds. The van der Waals surface area contributed by atoms with Gasteiger partial charge >= 0.3 is 0 Å². The minimum Gasteiger partial charge on any atom is -0.299 e. The van der Waals surface area contributed by atoms with Gasteiger partial charge in [0.2, 0.25) is 0 Å². The Balaban J connectivity index is 2.15. The molecule has 1 heteroatoms. The number of carbonyl (C=O) groups is 1. The van der Waals surface area contributed by atoms with E-state index in [0.717, 1.165) is 6.42 Å². The third-order valence-electron chi connectivity index (χ3n) is 6.02. The average molecular weight is 284 g/mol. The Labute approximate surface area is 129 Å². The van der Waals surface area contributed by atoms with Crippen LogP contribution in [0.25, 0.3) is 0 Å². The van der Waals surface area contributed by atoms with Crippen molar-refractivity contribution in [2.75, 3.05) is 0 Å². The monoisotopic (exact) mass is 284 g/mol. The zero-order valence-electron chi connectivity index (χ0n) is 13.9. The Hall–Kier alpha value is -1.11. The van der Waals surface area contributed by atoms with Gasteiger partial charge in [0.1, 0.15) is 5.78 Å². The Kier molecular flexibility index (Phi) is 3.71. The van der Waals surface area contributed by atoms with Crippen molar-refractivity contribution in [1.82, 2.24) is 0 Å². The molecule has 0 N–H and O–H groups in total. The molecule has 0 spiro atoms. The molecule has 0 aliphatic heterocycles. The number of rotatable bonds is 1. The summed E-state index contributed by atoms with van der Waals surface area (Å²) >= 11 is 0. The van der Waals surface area contributed by atoms with Crippen molar-refractivity contribution in [3.63, 3.8) is 0 Å². The predicted octanol–water partition coefficient (Wildman–Crippen LogP) is 5.10. The normalized spacial score (nSPS) is 39.1. The van der Waals surface area contributed by atoms with Gasteiger partial charge in [0.05, 0.1) is 0 Å². The van der Waals surface area contributed by atoms with E-state index in [2.05, 4.69) is 40.3 Å². The topological polar surface area (TPSA) is 17.1 Å². The van der Waals surface area contributed by atoms with Crippen molar-refractivity contribution in [3.05, 3.63) is 34.9 Å². The van der Waals surface area contributed by atoms with Crippen LogP contribution < -0.4 is 0 Å². The maximum atomic E-state index is 12.9. The van der Waals surface area contributed by atoms with Crippen LogP contribution in [-0.2, 0) is 4.79 Å². The Morgan fingerprint density at radius 2 is 1.90 bits per heavy atom. The van der Waals surface area contributed by atoms with Crippen molar-refractivity contribution in [3.8, 4) is 0 Å². The molecule has 21 heavy (non-hydrogen) atoms. The number of hydrogen-bond acceptors (Lipinski definition) is 1. The predicted molar refractivity (Wildman–Crippen MR) is 87.9 cm³/mol. The van der Waals surface area contributed by atoms with E-state index < -0.39 is 0 Å². The average Bonchev–Trinajstić information content (AvgIpc) is 2.43. The lowest BCUT2D eigenvalue weighted by atomic mass is 9.54. The van der Waals surface area contributed by atoms with E-state index in [1.807, 2.05) is 0 Å². The van der Waals surface area contributed by atoms with Crippen LogP contribution >= 0.6 is 0 Å². The lowest BCUT2D eigenvalue weighted by Crippen LogP contribution is -2.45. The van der Waals surface area contributed by atoms with Gasteiger partial charge in [-0.05, 0) is 51.4 Å². The first kappa shape index (κ1) is 14.8. The highest BCUT2D eigenvalue weighted by molar-refractivity contribution is 5.88. The highest BCUT2D eigenvalue weighted by Gasteiger charge is 2.48. The van der Waals surface area contributed by atoms with Crippen LogP contribution in [-0.4, -0.2) is 5.78 Å². The smallest absolute Gasteiger partial charge is 0.144 e. The second kappa shape index (κ2) is 5.26. The molecule has 3 rings (SSSR count). The summed E-state index contributed by atoms with van der Waals surface area (Å²) in [5.74, 6) is 2.19. The first-order valence-corrected chi connectivity index (χ1v) is 8.51. The SMILES string of the molecule is C=C1CCC2=C3[C@H]1C(C=C(C)C)C(=O)[C@@H](C)[C@@H]3CC[C@H]2C. The molecule has 0 aromatic carbocycles. The molecule has 0 heterocycles. The highest BCUT2D eigenvalue weighted by atomic mass is 16.1. The fourth-order valence-electron chi connectivity index (χ4n) is 4.94. The van der Waals surface area contributed by atoms with E-state index in [1.54, 1.807) is 11.1 Å². The first-order valence-electron chi connectivity index (χ1n) is 8.51. The molecule has 5 atom stereocenters. The lowest BCUT2D eigenvalue weighted by molar-refractivity contribution is -0.129. The van der Waals surface area contributed by atoms with E-state index in [0.29, 0.717) is 23.5 Å². The third-order valence-corrected chi connectivity index (χ3v) is 6.02. The van der Waals surface area contributed by atoms with Gasteiger partial charge in [-0.3, -0.25) is 4.79 Å². The summed E-state index contributed by atoms with van der Waals surface area (Å²) in [5, 5.41) is 0. The maximum absolute atomic E-state index is 12.9. The third kappa shape index (κ3) is 2.25. The second-order valence-electron chi connectivity index (χ2n) is 7.66. The van der Waals surface area contributed by atoms with Gasteiger partial charge in [0, 0.05) is 17.8 Å². The highest BCUT2D eigenvalue weighted by Crippen LogP contribution is 2.55. The summed E-state index contributed by atoms with van der Waals surface area (Å²) in [7, 11) is 0. The summed E-state index contributed by atoms with van der Waals surface area (Å²) in [6, 6.07) is 0. The fourth-order valence-corrected chi connectivity index (χ4v) is 4.94. The molecule has 0 radical (unpaired) electrons. The van der Waals surface area contributed by atoms with E-state index >= 15 is 0 Å². The largest absolute Gasteiger partial charge is 0.299 e. The summed E-state index contributed by atoms with van der Waals surface area (Å²) < 4.78 is 0. The molecule has 0 aromatic heterocycles. The van der Waals surface area contributed by atoms with Gasteiger partial charge in [0.15, 0.2) is 0 Å². The summed E-state index contributed by atoms with van der Waals surface area (Å²) in [6.45, 7) is 13.1. The lowest BCUT2D eigenvalue weighted by Gasteiger charge is -2.49. The van der Waals surface area contributed by atoms with Gasteiger partial charge < -0.3 is 0 Å². The van der Waals surface area contributed by atoms with Crippen LogP contribution in [0.4, 0.5) is 0 Å². The molecule has 1 fully saturated rings. The minimum absolute atomic E-state index is 0.0457. The molecular weight excluding hydrogens is 256 g/mol. The second-order valence-corrected chi connectivity index (χ2v) is 7.66. The van der Waals surface area contributed by atoms with E-state index in [1.165, 1.54) is 30.4 Å². The quantitative estimate of drug-likeness (QED) is 0.612. The number of allylic oxidation sites excluding steroid dienone is 5. The van der Waals surface area contributed by atoms with Crippen molar-refractivity contribution in [1.29, 1.82) is 0 Å². The maximum Gasteiger partial charge on any atom is 0.144 e. The molecule has 3 aliphatic carbocycles. The van der Waals surface area contributed by atoms with Crippen LogP contribution in [0.2, 0.25) is 0 Å². The van der Waals surface area contributed by atoms with Gasteiger partial charge in [-0.25, -0.2) is 0 Å². The van der Waals surface area contributed by atoms with Crippen LogP contribution in [0.15, 0.2) is 34.9 Å². The van der Waals surface area contributed by atoms with Crippen LogP contribution in [0.1, 0.15) is 53.4 Å². The Morgan fingerprint density at radius 3 is 2.57 bits per heavy atom. The van der Waals surface area contributed by atoms with E-state index in [4.69, 9.17) is 0 Å². The van der Waals surface area contributed by atoms with Crippen molar-refractivity contribution in [2.24, 2.45) is 29.6 Å². The number of ketones is 1. The van der Waals surface area contributed by atoms with Crippen LogP contribution in [0, 0.1) is 29.6 Å². The number of hydrogen-bond donors (Lipinski definition) is 0. The summed E-state index contributed by atoms with van der Waals surface area (Å²) in [6.07, 6.45) is 6.92. The molecule has 0 bridgehead atoms. The fraction of sp³-hybridized carbons (Fsp3) is 0.650. The molecule has 114 valence electrons. The number of carbonyl (C=O) groups excluding carboxylic acids is 1. The zero-order chi connectivity index (χ0) is 15.3. The first-order chi connectivity index (χ1) is 9.91. The van der Waals surface area contributed by atoms with E-state index in [9.17, 15) is 4.79 Å². The van der Waals surface area contributed by atoms with E-state index in [-0.39, 0.29) is 11.8 Å². The molecule has 3 aliphatic rings. The summed E-state index contributed by atoms with van der Waals surface area (Å²) in [5.41, 5.74) is 5.86. The molecular formula is C20H28O. The van der Waals surface area contributed by atoms with Crippen molar-refractivity contribution >= 4 is 5.78 Å². The van der Waals surface area contributed by atoms with Crippen molar-refractivity contribution in [2.45, 2.75) is 53.4 Å². The van der Waals surface area contributed by atoms with Gasteiger partial charge in [0.25, 0.3) is 0 Å². The molecule has 0 saturated heterocycles. The van der Waals surface area contributed by atoms with Gasteiger partial charge in [-0.1, -0.05) is 48.8 Å². The summed E-state index contributed by atoms with van der Waals surface area (Å²) in [4.78, 5) is 12.9. The van der Waals surface area contributed by atoms with Crippen LogP contribution in [0.3, 0.4) is 0 Å². The van der Waals surface area contributed by atoms with Gasteiger partial charge in [-0.2, -0.15) is 0 Å². The molecule has 1 saturated carbocycles. The Bertz CT molecular complexity index is 544. The zero-order valence-corrected chi connectivity index (χ0v) is 13.9. The standard InChI is InChI=1S/C20H28O/c1-11(2)10-17-18-13(4)7-8-15-12(3)6-9-16(19(15)18)14(5)20(17)21/h10,12,14,16-18H,4,6-9H2,1-3,5H3/t12-,14+,16+,17?,18-/m1/s1.